The van der Waals surface area contributed by atoms with Crippen LogP contribution in [-0.4, -0.2) is 16.8 Å². The third-order valence-electron chi connectivity index (χ3n) is 1.42. The number of aromatic hydroxyl groups is 1. The van der Waals surface area contributed by atoms with E-state index >= 15 is 0 Å². The molecule has 0 aromatic carbocycles. The van der Waals surface area contributed by atoms with E-state index < -0.39 is 5.97 Å². The maximum atomic E-state index is 10.8. The molecule has 2 rings (SSSR count). The van der Waals surface area contributed by atoms with E-state index in [1.165, 1.54) is 0 Å². The lowest BCUT2D eigenvalue weighted by atomic mass is 10.3. The Labute approximate surface area is 80.0 Å². The molecule has 2 heterocycles. The highest BCUT2D eigenvalue weighted by Crippen LogP contribution is 2.39. The number of esters is 1. The zero-order chi connectivity index (χ0) is 8.88. The lowest BCUT2D eigenvalue weighted by Gasteiger charge is -1.90. The zero-order valence-corrected chi connectivity index (χ0v) is 7.71. The van der Waals surface area contributed by atoms with Crippen LogP contribution in [0, 0.1) is 8.98 Å². The quantitative estimate of drug-likeness (QED) is 0.545. The Balaban J connectivity index is 2.67. The summed E-state index contributed by atoms with van der Waals surface area (Å²) in [6.07, 6.45) is 0. The van der Waals surface area contributed by atoms with Crippen molar-refractivity contribution >= 4 is 34.3 Å². The van der Waals surface area contributed by atoms with E-state index in [1.807, 2.05) is 0 Å². The van der Waals surface area contributed by atoms with Gasteiger partial charge in [-0.15, -0.1) is 0 Å². The monoisotopic (exact) mass is 279 g/mol. The summed E-state index contributed by atoms with van der Waals surface area (Å²) in [7, 11) is 0. The van der Waals surface area contributed by atoms with E-state index in [-0.39, 0.29) is 23.2 Å². The van der Waals surface area contributed by atoms with Crippen molar-refractivity contribution in [2.24, 2.45) is 0 Å². The first-order chi connectivity index (χ1) is 5.61. The van der Waals surface area contributed by atoms with Crippen LogP contribution in [0.15, 0.2) is 4.42 Å². The Morgan fingerprint density at radius 3 is 2.75 bits per heavy atom. The molecule has 0 unspecified atom stereocenters. The minimum absolute atomic E-state index is 0.00176. The Morgan fingerprint density at radius 2 is 2.17 bits per heavy atom. The number of rotatable bonds is 0. The van der Waals surface area contributed by atoms with E-state index in [1.54, 1.807) is 22.6 Å². The van der Waals surface area contributed by atoms with E-state index in [0.29, 0.717) is 3.57 Å². The molecular formula is C6H2INO4. The minimum Gasteiger partial charge on any atom is -0.480 e. The molecule has 0 radical (unpaired) electrons. The van der Waals surface area contributed by atoms with Gasteiger partial charge in [-0.1, -0.05) is 0 Å². The van der Waals surface area contributed by atoms with Crippen molar-refractivity contribution in [2.45, 2.75) is 0 Å². The number of furan rings is 1. The van der Waals surface area contributed by atoms with Gasteiger partial charge in [-0.05, 0) is 22.6 Å². The summed E-state index contributed by atoms with van der Waals surface area (Å²) in [5.41, 5.74) is -0.358. The maximum Gasteiger partial charge on any atom is 0.365 e. The van der Waals surface area contributed by atoms with Gasteiger partial charge in [-0.25, -0.2) is 4.79 Å². The van der Waals surface area contributed by atoms with Crippen LogP contribution in [0.1, 0.15) is 5.76 Å². The van der Waals surface area contributed by atoms with Crippen molar-refractivity contribution in [2.75, 3.05) is 0 Å². The summed E-state index contributed by atoms with van der Waals surface area (Å²) in [5, 5.41) is 16.2. The number of nitrogens with one attached hydrogen (secondary N) is 1. The number of hydrogen-bond acceptors (Lipinski definition) is 5. The molecule has 1 aromatic rings. The molecule has 5 nitrogen and oxygen atoms in total. The van der Waals surface area contributed by atoms with Gasteiger partial charge in [0.15, 0.2) is 11.5 Å². The molecule has 2 N–H and O–H groups in total. The van der Waals surface area contributed by atoms with Crippen LogP contribution in [0.3, 0.4) is 0 Å². The third-order valence-corrected chi connectivity index (χ3v) is 2.37. The molecule has 0 bridgehead atoms. The first kappa shape index (κ1) is 7.59. The van der Waals surface area contributed by atoms with Crippen LogP contribution in [0.25, 0.3) is 0 Å². The van der Waals surface area contributed by atoms with Gasteiger partial charge in [0.25, 0.3) is 5.95 Å². The van der Waals surface area contributed by atoms with Crippen molar-refractivity contribution in [1.82, 2.24) is 0 Å². The Bertz CT molecular complexity index is 394. The molecule has 0 spiro atoms. The molecule has 1 aliphatic heterocycles. The summed E-state index contributed by atoms with van der Waals surface area (Å²) in [5.74, 6) is -0.926. The molecule has 0 saturated carbocycles. The zero-order valence-electron chi connectivity index (χ0n) is 5.55. The second-order valence-electron chi connectivity index (χ2n) is 2.14. The smallest absolute Gasteiger partial charge is 0.365 e. The molecule has 6 heteroatoms. The molecule has 0 fully saturated rings. The fourth-order valence-corrected chi connectivity index (χ4v) is 1.34. The van der Waals surface area contributed by atoms with E-state index in [9.17, 15) is 4.79 Å². The summed E-state index contributed by atoms with van der Waals surface area (Å²) in [4.78, 5) is 10.8. The van der Waals surface area contributed by atoms with Crippen LogP contribution in [0.2, 0.25) is 0 Å². The predicted molar refractivity (Wildman–Crippen MR) is 45.6 cm³/mol. The topological polar surface area (TPSA) is 83.5 Å². The van der Waals surface area contributed by atoms with E-state index in [0.717, 1.165) is 0 Å². The lowest BCUT2D eigenvalue weighted by molar-refractivity contribution is -0.126. The summed E-state index contributed by atoms with van der Waals surface area (Å²) >= 11 is 1.77. The van der Waals surface area contributed by atoms with E-state index in [4.69, 9.17) is 14.9 Å². The predicted octanol–water partition coefficient (Wildman–Crippen LogP) is 0.877. The molecular weight excluding hydrogens is 277 g/mol. The first-order valence-corrected chi connectivity index (χ1v) is 4.01. The normalized spacial score (nSPS) is 14.8. The fraction of sp³-hybridized carbons (Fsp3) is 0. The number of hydrogen-bond donors (Lipinski definition) is 2. The molecule has 0 aliphatic carbocycles. The van der Waals surface area contributed by atoms with Crippen molar-refractivity contribution in [3.8, 4) is 11.7 Å². The van der Waals surface area contributed by atoms with Crippen molar-refractivity contribution in [1.29, 1.82) is 5.41 Å². The minimum atomic E-state index is -0.748. The average molecular weight is 279 g/mol. The van der Waals surface area contributed by atoms with Crippen molar-refractivity contribution < 1.29 is 19.1 Å². The molecule has 62 valence electrons. The number of fused-ring (bicyclic) bond motifs is 1. The van der Waals surface area contributed by atoms with Crippen LogP contribution in [-0.2, 0) is 4.79 Å². The number of halogens is 1. The van der Waals surface area contributed by atoms with Crippen LogP contribution >= 0.6 is 22.6 Å². The molecule has 1 aromatic heterocycles. The van der Waals surface area contributed by atoms with Gasteiger partial charge in [0, 0.05) is 0 Å². The molecule has 0 amide bonds. The highest BCUT2D eigenvalue weighted by atomic mass is 127. The van der Waals surface area contributed by atoms with Gasteiger partial charge in [-0.3, -0.25) is 5.41 Å². The van der Waals surface area contributed by atoms with Gasteiger partial charge in [0.05, 0.1) is 0 Å². The van der Waals surface area contributed by atoms with Gasteiger partial charge < -0.3 is 14.3 Å². The Kier molecular flexibility index (Phi) is 1.40. The fourth-order valence-electron chi connectivity index (χ4n) is 0.877. The van der Waals surface area contributed by atoms with Gasteiger partial charge in [0.2, 0.25) is 5.76 Å². The average Bonchev–Trinajstić information content (AvgIpc) is 2.43. The number of carbonyl (C=O) groups is 1. The van der Waals surface area contributed by atoms with Crippen molar-refractivity contribution in [3.05, 3.63) is 9.33 Å². The van der Waals surface area contributed by atoms with Gasteiger partial charge >= 0.3 is 5.97 Å². The number of ether oxygens (including phenoxy) is 1. The highest BCUT2D eigenvalue weighted by Gasteiger charge is 2.35. The number of carbonyl (C=O) groups excluding carboxylic acids is 1. The highest BCUT2D eigenvalue weighted by molar-refractivity contribution is 14.1. The summed E-state index contributed by atoms with van der Waals surface area (Å²) < 4.78 is 9.68. The van der Waals surface area contributed by atoms with E-state index in [2.05, 4.69) is 4.74 Å². The Morgan fingerprint density at radius 1 is 1.50 bits per heavy atom. The van der Waals surface area contributed by atoms with Crippen molar-refractivity contribution in [3.63, 3.8) is 0 Å². The second-order valence-corrected chi connectivity index (χ2v) is 3.22. The SMILES string of the molecule is N=C1C(=O)Oc2c1oc(O)c2I. The van der Waals surface area contributed by atoms with Crippen LogP contribution in [0.4, 0.5) is 0 Å². The largest absolute Gasteiger partial charge is 0.480 e. The maximum absolute atomic E-state index is 10.8. The standard InChI is InChI=1S/C6H2INO4/c7-1-3-4(12-5(1)9)2(8)6(10)11-3/h8-9H. The molecule has 12 heavy (non-hydrogen) atoms. The Hall–Kier alpha value is -1.05. The second kappa shape index (κ2) is 2.22. The molecule has 0 atom stereocenters. The van der Waals surface area contributed by atoms with Gasteiger partial charge in [0.1, 0.15) is 3.57 Å². The van der Waals surface area contributed by atoms with Gasteiger partial charge in [-0.2, -0.15) is 0 Å². The first-order valence-electron chi connectivity index (χ1n) is 2.93. The van der Waals surface area contributed by atoms with Crippen LogP contribution in [0.5, 0.6) is 11.7 Å². The third kappa shape index (κ3) is 0.779. The summed E-state index contributed by atoms with van der Waals surface area (Å²) in [6, 6.07) is 0. The van der Waals surface area contributed by atoms with Crippen LogP contribution < -0.4 is 4.74 Å². The summed E-state index contributed by atoms with van der Waals surface area (Å²) in [6.45, 7) is 0. The molecule has 1 aliphatic rings. The molecule has 0 saturated heterocycles. The lowest BCUT2D eigenvalue weighted by Crippen LogP contribution is -2.11.